The van der Waals surface area contributed by atoms with E-state index in [0.717, 1.165) is 10.5 Å². The highest BCUT2D eigenvalue weighted by molar-refractivity contribution is 8.00. The number of aliphatic hydroxyl groups excluding tert-OH is 1. The van der Waals surface area contributed by atoms with Crippen LogP contribution in [0.25, 0.3) is 0 Å². The van der Waals surface area contributed by atoms with Crippen LogP contribution in [0.3, 0.4) is 0 Å². The Morgan fingerprint density at radius 2 is 1.74 bits per heavy atom. The number of ketones is 1. The topological polar surface area (TPSA) is 272 Å². The maximum absolute atomic E-state index is 14.1. The number of anilines is 1. The summed E-state index contributed by atoms with van der Waals surface area (Å²) in [5, 5.41) is 35.3. The lowest BCUT2D eigenvalue weighted by molar-refractivity contribution is -0.162. The first-order chi connectivity index (χ1) is 35.0. The number of hydrogen-bond acceptors (Lipinski definition) is 18. The number of epoxide rings is 1. The van der Waals surface area contributed by atoms with Crippen molar-refractivity contribution >= 4 is 76.4 Å². The Balaban J connectivity index is 0.985. The lowest BCUT2D eigenvalue weighted by atomic mass is 9.79. The molecule has 1 aromatic rings. The highest BCUT2D eigenvalue weighted by Crippen LogP contribution is 2.50. The van der Waals surface area contributed by atoms with Gasteiger partial charge in [-0.25, -0.2) is 14.8 Å². The molecule has 23 heteroatoms. The number of carbonyl (C=O) groups is 8. The van der Waals surface area contributed by atoms with Gasteiger partial charge in [-0.05, 0) is 76.5 Å². The smallest absolute Gasteiger partial charge is 0.409 e. The van der Waals surface area contributed by atoms with Gasteiger partial charge in [0, 0.05) is 83.9 Å². The van der Waals surface area contributed by atoms with Crippen molar-refractivity contribution in [3.05, 3.63) is 46.5 Å². The third kappa shape index (κ3) is 12.4. The maximum Gasteiger partial charge on any atom is 0.409 e. The largest absolute Gasteiger partial charge is 0.457 e. The van der Waals surface area contributed by atoms with Crippen LogP contribution in [0.15, 0.2) is 35.9 Å². The number of nitrogens with zero attached hydrogens (tertiary/aromatic N) is 4. The Labute approximate surface area is 439 Å². The monoisotopic (exact) mass is 1070 g/mol. The van der Waals surface area contributed by atoms with Crippen molar-refractivity contribution in [2.75, 3.05) is 44.9 Å². The number of esters is 1. The van der Waals surface area contributed by atoms with Gasteiger partial charge in [0.05, 0.1) is 23.6 Å². The third-order valence-electron chi connectivity index (χ3n) is 15.6. The molecule has 4 bridgehead atoms. The van der Waals surface area contributed by atoms with E-state index >= 15 is 0 Å². The van der Waals surface area contributed by atoms with Crippen LogP contribution in [0, 0.1) is 17.8 Å². The predicted octanol–water partition coefficient (Wildman–Crippen LogP) is 3.92. The maximum atomic E-state index is 14.1. The number of allylic oxidation sites excluding steroid dienone is 3. The van der Waals surface area contributed by atoms with Gasteiger partial charge in [-0.15, -0.1) is 11.8 Å². The van der Waals surface area contributed by atoms with Gasteiger partial charge in [0.25, 0.3) is 0 Å². The van der Waals surface area contributed by atoms with E-state index < -0.39 is 77.1 Å². The standard InChI is InChI=1S/C51H68ClN5O16S/c1-27-9-8-10-38(69-7)51(67)24-36(70-49(66)53-51)28(2)46-50(4,72-46)39(23-43(62)55(6)33-20-31(19-27)21-35(73-68)45(33)52)71-48(65)29(3)54(5)40(59)17-18-74-37-22-44(63)57(47(37)64)25-30-11-13-32(14-12-30)34(58)26-56-41(60)15-16-42(56)61/h8-10,20-21,28-30,32,36-39,43,46,62,67-68H,11-19,22-26H2,1-7H3,(H,53,66)/b10-8+,27-9+/t28-,29+,30?,32?,36+,37+,38-,39+,43?,46+,50+,51+/m1/s1. The fourth-order valence-electron chi connectivity index (χ4n) is 10.7. The number of hydrogen-bond donors (Lipinski definition) is 4. The number of amides is 6. The molecule has 1 saturated carbocycles. The number of ether oxygens (including phenoxy) is 4. The van der Waals surface area contributed by atoms with Gasteiger partial charge in [0.15, 0.2) is 17.3 Å². The number of methoxy groups -OCH3 is 1. The van der Waals surface area contributed by atoms with Crippen molar-refractivity contribution in [3.63, 3.8) is 0 Å². The Morgan fingerprint density at radius 3 is 2.41 bits per heavy atom. The van der Waals surface area contributed by atoms with E-state index in [2.05, 4.69) is 10.2 Å². The van der Waals surface area contributed by atoms with E-state index in [9.17, 15) is 53.8 Å². The van der Waals surface area contributed by atoms with Crippen molar-refractivity contribution in [2.24, 2.45) is 17.8 Å². The van der Waals surface area contributed by atoms with Crippen LogP contribution in [0.2, 0.25) is 5.02 Å². The molecule has 406 valence electrons. The van der Waals surface area contributed by atoms with Crippen molar-refractivity contribution < 1.29 is 77.7 Å². The molecule has 6 amide bonds. The second-order valence-corrected chi connectivity index (χ2v) is 22.4. The van der Waals surface area contributed by atoms with Crippen molar-refractivity contribution in [3.8, 4) is 5.75 Å². The number of likely N-dealkylation sites (tertiary alicyclic amines) is 2. The van der Waals surface area contributed by atoms with Crippen LogP contribution in [-0.2, 0) is 58.9 Å². The van der Waals surface area contributed by atoms with Crippen LogP contribution < -0.4 is 15.1 Å². The van der Waals surface area contributed by atoms with Gasteiger partial charge >= 0.3 is 12.1 Å². The van der Waals surface area contributed by atoms with E-state index in [1.165, 1.54) is 47.5 Å². The zero-order valence-electron chi connectivity index (χ0n) is 42.8. The van der Waals surface area contributed by atoms with Crippen molar-refractivity contribution in [2.45, 2.75) is 152 Å². The average molecular weight is 1070 g/mol. The summed E-state index contributed by atoms with van der Waals surface area (Å²) in [7, 11) is 4.39. The summed E-state index contributed by atoms with van der Waals surface area (Å²) in [5.41, 5.74) is -1.44. The molecule has 5 fully saturated rings. The SMILES string of the molecule is CO[C@@H]1/C=C/C=C(\C)Cc2cc(OO)c(Cl)c(c2)N(C)C(O)C[C@H](OC(=O)[C@H](C)N(C)C(=O)CCS[C@H]2CC(=O)N(CC3CCC(C(=O)CN4C(=O)CCC4=O)CC3)C2=O)[C@]2(C)O[C@H]2[C@H](C)[C@@H]2C[C@@]1(O)NC(=O)O2. The molecule has 1 unspecified atom stereocenters. The third-order valence-corrected chi connectivity index (χ3v) is 17.2. The fraction of sp³-hybridized carbons (Fsp3) is 0.647. The number of halogens is 1. The highest BCUT2D eigenvalue weighted by Gasteiger charge is 2.64. The molecule has 74 heavy (non-hydrogen) atoms. The van der Waals surface area contributed by atoms with Crippen LogP contribution in [-0.4, -0.2) is 171 Å². The lowest BCUT2D eigenvalue weighted by Gasteiger charge is -2.42. The summed E-state index contributed by atoms with van der Waals surface area (Å²) in [6.07, 6.45) is 1.31. The number of likely N-dealkylation sites (N-methyl/N-ethyl adjacent to an activating group) is 1. The van der Waals surface area contributed by atoms with Crippen molar-refractivity contribution in [1.82, 2.24) is 20.0 Å². The fourth-order valence-corrected chi connectivity index (χ4v) is 12.1. The van der Waals surface area contributed by atoms with Crippen LogP contribution >= 0.6 is 23.4 Å². The van der Waals surface area contributed by atoms with Crippen molar-refractivity contribution in [1.29, 1.82) is 0 Å². The van der Waals surface area contributed by atoms with Gasteiger partial charge in [0.1, 0.15) is 41.2 Å². The molecule has 10 atom stereocenters. The Morgan fingerprint density at radius 1 is 1.05 bits per heavy atom. The molecular weight excluding hydrogens is 1010 g/mol. The predicted molar refractivity (Wildman–Crippen MR) is 267 cm³/mol. The molecular formula is C51H68ClN5O16S. The van der Waals surface area contributed by atoms with Crippen LogP contribution in [0.1, 0.15) is 97.5 Å². The first kappa shape index (κ1) is 56.6. The number of carbonyl (C=O) groups excluding carboxylic acids is 8. The van der Waals surface area contributed by atoms with Crippen LogP contribution in [0.4, 0.5) is 10.5 Å². The van der Waals surface area contributed by atoms with E-state index in [0.29, 0.717) is 37.7 Å². The summed E-state index contributed by atoms with van der Waals surface area (Å²) < 4.78 is 23.8. The number of rotatable bonds is 14. The number of aliphatic hydroxyl groups is 2. The quantitative estimate of drug-likeness (QED) is 0.0676. The lowest BCUT2D eigenvalue weighted by Crippen LogP contribution is -2.63. The van der Waals surface area contributed by atoms with E-state index in [1.807, 2.05) is 6.92 Å². The average Bonchev–Trinajstić information content (AvgIpc) is 3.87. The summed E-state index contributed by atoms with van der Waals surface area (Å²) in [4.78, 5) is 114. The number of alkyl carbamates (subject to hydrolysis) is 1. The Bertz CT molecular complexity index is 2420. The highest BCUT2D eigenvalue weighted by atomic mass is 35.5. The second-order valence-electron chi connectivity index (χ2n) is 20.7. The molecule has 21 nitrogen and oxygen atoms in total. The van der Waals surface area contributed by atoms with E-state index in [-0.39, 0.29) is 115 Å². The van der Waals surface area contributed by atoms with Gasteiger partial charge in [-0.2, -0.15) is 0 Å². The molecule has 1 aliphatic carbocycles. The second kappa shape index (κ2) is 23.4. The zero-order chi connectivity index (χ0) is 54.0. The molecule has 0 aromatic heterocycles. The molecule has 7 rings (SSSR count). The number of imide groups is 2. The minimum atomic E-state index is -1.90. The Kier molecular flexibility index (Phi) is 17.9. The van der Waals surface area contributed by atoms with Crippen LogP contribution in [0.5, 0.6) is 5.75 Å². The molecule has 0 spiro atoms. The number of Topliss-reactive ketones (excluding diaryl/α,β-unsaturated/α-hetero) is 1. The number of nitrogens with one attached hydrogen (secondary N) is 1. The summed E-state index contributed by atoms with van der Waals surface area (Å²) in [6.45, 7) is 6.79. The molecule has 5 heterocycles. The molecule has 0 radical (unpaired) electrons. The van der Waals surface area contributed by atoms with Gasteiger partial charge in [0.2, 0.25) is 29.5 Å². The minimum absolute atomic E-state index is 0.00163. The van der Waals surface area contributed by atoms with E-state index in [1.54, 1.807) is 51.3 Å². The zero-order valence-corrected chi connectivity index (χ0v) is 44.4. The minimum Gasteiger partial charge on any atom is -0.457 e. The van der Waals surface area contributed by atoms with Gasteiger partial charge < -0.3 is 43.8 Å². The summed E-state index contributed by atoms with van der Waals surface area (Å²) >= 11 is 7.88. The number of fused-ring (bicyclic) bond motifs is 5. The van der Waals surface area contributed by atoms with Gasteiger partial charge in [-0.3, -0.25) is 43.9 Å². The summed E-state index contributed by atoms with van der Waals surface area (Å²) in [5.74, 6) is -3.55. The first-order valence-electron chi connectivity index (χ1n) is 25.1. The van der Waals surface area contributed by atoms with E-state index in [4.69, 9.17) is 30.5 Å². The number of benzene rings is 1. The first-order valence-corrected chi connectivity index (χ1v) is 26.5. The molecule has 1 aromatic carbocycles. The molecule has 4 saturated heterocycles. The molecule has 5 aliphatic heterocycles. The number of thioether (sulfide) groups is 1. The molecule has 6 aliphatic rings. The van der Waals surface area contributed by atoms with Gasteiger partial charge in [-0.1, -0.05) is 42.3 Å². The normalized spacial score (nSPS) is 33.2. The summed E-state index contributed by atoms with van der Waals surface area (Å²) in [6, 6.07) is 2.11. The molecule has 4 N–H and O–H groups in total. The Hall–Kier alpha value is -5.10.